The minimum atomic E-state index is 0.278. The van der Waals surface area contributed by atoms with E-state index in [9.17, 15) is 0 Å². The molecule has 0 bridgehead atoms. The van der Waals surface area contributed by atoms with Crippen molar-refractivity contribution in [3.05, 3.63) is 33.8 Å². The number of hydrogen-bond donors (Lipinski definition) is 1. The van der Waals surface area contributed by atoms with Crippen LogP contribution < -0.4 is 5.32 Å². The summed E-state index contributed by atoms with van der Waals surface area (Å²) in [5, 5.41) is 4.66. The van der Waals surface area contributed by atoms with Gasteiger partial charge in [-0.3, -0.25) is 0 Å². The van der Waals surface area contributed by atoms with E-state index in [4.69, 9.17) is 23.2 Å². The topological polar surface area (TPSA) is 12.0 Å². The quantitative estimate of drug-likeness (QED) is 0.833. The van der Waals surface area contributed by atoms with Gasteiger partial charge in [-0.15, -0.1) is 0 Å². The highest BCUT2D eigenvalue weighted by molar-refractivity contribution is 6.35. The van der Waals surface area contributed by atoms with Gasteiger partial charge in [-0.2, -0.15) is 0 Å². The fourth-order valence-electron chi connectivity index (χ4n) is 1.60. The van der Waals surface area contributed by atoms with Crippen LogP contribution in [0, 0.1) is 5.92 Å². The van der Waals surface area contributed by atoms with Crippen LogP contribution in [0.1, 0.15) is 25.5 Å². The number of halogens is 2. The Labute approximate surface area is 95.4 Å². The highest BCUT2D eigenvalue weighted by Crippen LogP contribution is 2.29. The Hall–Kier alpha value is -0.240. The van der Waals surface area contributed by atoms with Crippen molar-refractivity contribution in [3.63, 3.8) is 0 Å². The smallest absolute Gasteiger partial charge is 0.0468 e. The van der Waals surface area contributed by atoms with Crippen molar-refractivity contribution in [2.45, 2.75) is 19.9 Å². The van der Waals surface area contributed by atoms with E-state index in [0.717, 1.165) is 10.6 Å². The van der Waals surface area contributed by atoms with Gasteiger partial charge >= 0.3 is 0 Å². The Morgan fingerprint density at radius 3 is 2.29 bits per heavy atom. The highest BCUT2D eigenvalue weighted by atomic mass is 35.5. The maximum atomic E-state index is 6.12. The van der Waals surface area contributed by atoms with E-state index in [0.29, 0.717) is 10.9 Å². The second-order valence-electron chi connectivity index (χ2n) is 3.68. The Morgan fingerprint density at radius 1 is 1.21 bits per heavy atom. The first kappa shape index (κ1) is 11.8. The summed E-state index contributed by atoms with van der Waals surface area (Å²) in [6.45, 7) is 4.32. The van der Waals surface area contributed by atoms with Gasteiger partial charge < -0.3 is 5.32 Å². The second-order valence-corrected chi connectivity index (χ2v) is 4.52. The summed E-state index contributed by atoms with van der Waals surface area (Å²) in [5.74, 6) is 0.499. The molecule has 1 atom stereocenters. The van der Waals surface area contributed by atoms with Crippen LogP contribution in [0.5, 0.6) is 0 Å². The zero-order valence-corrected chi connectivity index (χ0v) is 10.2. The summed E-state index contributed by atoms with van der Waals surface area (Å²) in [5.41, 5.74) is 1.11. The summed E-state index contributed by atoms with van der Waals surface area (Å²) in [7, 11) is 1.94. The minimum absolute atomic E-state index is 0.278. The summed E-state index contributed by atoms with van der Waals surface area (Å²) in [6.07, 6.45) is 0. The molecule has 0 aliphatic heterocycles. The molecule has 78 valence electrons. The zero-order chi connectivity index (χ0) is 10.7. The molecule has 0 aromatic heterocycles. The summed E-state index contributed by atoms with van der Waals surface area (Å²) >= 11 is 12.0. The lowest BCUT2D eigenvalue weighted by molar-refractivity contribution is 0.443. The van der Waals surface area contributed by atoms with E-state index >= 15 is 0 Å². The van der Waals surface area contributed by atoms with E-state index in [1.807, 2.05) is 19.2 Å². The van der Waals surface area contributed by atoms with Gasteiger partial charge in [0.25, 0.3) is 0 Å². The Bertz CT molecular complexity index is 310. The van der Waals surface area contributed by atoms with E-state index in [-0.39, 0.29) is 6.04 Å². The molecule has 0 fully saturated rings. The third-order valence-corrected chi connectivity index (χ3v) is 2.84. The van der Waals surface area contributed by atoms with Crippen molar-refractivity contribution in [3.8, 4) is 0 Å². The molecule has 0 amide bonds. The van der Waals surface area contributed by atoms with Crippen LogP contribution in [0.2, 0.25) is 10.0 Å². The van der Waals surface area contributed by atoms with Crippen molar-refractivity contribution in [2.75, 3.05) is 7.05 Å². The van der Waals surface area contributed by atoms with Gasteiger partial charge in [-0.1, -0.05) is 43.1 Å². The standard InChI is InChI=1S/C11H15Cl2N/c1-7(2)11(14-3)9-5-4-8(12)6-10(9)13/h4-7,11,14H,1-3H3. The SMILES string of the molecule is CNC(c1ccc(Cl)cc1Cl)C(C)C. The Kier molecular flexibility index (Phi) is 4.24. The number of rotatable bonds is 3. The van der Waals surface area contributed by atoms with Crippen molar-refractivity contribution >= 4 is 23.2 Å². The van der Waals surface area contributed by atoms with Gasteiger partial charge in [-0.25, -0.2) is 0 Å². The van der Waals surface area contributed by atoms with Gasteiger partial charge in [0.1, 0.15) is 0 Å². The molecule has 0 saturated heterocycles. The van der Waals surface area contributed by atoms with Crippen LogP contribution in [0.4, 0.5) is 0 Å². The first-order valence-corrected chi connectivity index (χ1v) is 5.44. The Morgan fingerprint density at radius 2 is 1.86 bits per heavy atom. The lowest BCUT2D eigenvalue weighted by Gasteiger charge is -2.21. The first-order chi connectivity index (χ1) is 6.56. The van der Waals surface area contributed by atoms with Crippen molar-refractivity contribution in [1.29, 1.82) is 0 Å². The van der Waals surface area contributed by atoms with Crippen LogP contribution in [0.25, 0.3) is 0 Å². The molecule has 1 aromatic rings. The fourth-order valence-corrected chi connectivity index (χ4v) is 2.13. The minimum Gasteiger partial charge on any atom is -0.313 e. The molecule has 1 N–H and O–H groups in total. The van der Waals surface area contributed by atoms with Crippen LogP contribution in [0.15, 0.2) is 18.2 Å². The first-order valence-electron chi connectivity index (χ1n) is 4.68. The van der Waals surface area contributed by atoms with Gasteiger partial charge in [0.05, 0.1) is 0 Å². The van der Waals surface area contributed by atoms with Crippen LogP contribution in [-0.2, 0) is 0 Å². The van der Waals surface area contributed by atoms with E-state index in [1.54, 1.807) is 6.07 Å². The largest absolute Gasteiger partial charge is 0.313 e. The molecule has 3 heteroatoms. The van der Waals surface area contributed by atoms with Crippen molar-refractivity contribution in [2.24, 2.45) is 5.92 Å². The Balaban J connectivity index is 3.04. The maximum Gasteiger partial charge on any atom is 0.0468 e. The molecule has 0 heterocycles. The molecular weight excluding hydrogens is 217 g/mol. The van der Waals surface area contributed by atoms with Crippen LogP contribution >= 0.6 is 23.2 Å². The molecule has 1 aromatic carbocycles. The summed E-state index contributed by atoms with van der Waals surface area (Å²) < 4.78 is 0. The average molecular weight is 232 g/mol. The molecule has 1 unspecified atom stereocenters. The second kappa shape index (κ2) is 5.01. The van der Waals surface area contributed by atoms with Crippen molar-refractivity contribution < 1.29 is 0 Å². The molecule has 0 saturated carbocycles. The van der Waals surface area contributed by atoms with Gasteiger partial charge in [-0.05, 0) is 30.7 Å². The molecule has 0 spiro atoms. The number of nitrogens with one attached hydrogen (secondary N) is 1. The zero-order valence-electron chi connectivity index (χ0n) is 8.64. The fraction of sp³-hybridized carbons (Fsp3) is 0.455. The van der Waals surface area contributed by atoms with E-state index in [1.165, 1.54) is 0 Å². The monoisotopic (exact) mass is 231 g/mol. The maximum absolute atomic E-state index is 6.12. The molecule has 0 radical (unpaired) electrons. The molecule has 1 rings (SSSR count). The molecule has 1 nitrogen and oxygen atoms in total. The third-order valence-electron chi connectivity index (χ3n) is 2.28. The number of benzene rings is 1. The van der Waals surface area contributed by atoms with Crippen LogP contribution in [-0.4, -0.2) is 7.05 Å². The lowest BCUT2D eigenvalue weighted by atomic mass is 9.96. The summed E-state index contributed by atoms with van der Waals surface area (Å²) in [4.78, 5) is 0. The molecule has 0 aliphatic rings. The van der Waals surface area contributed by atoms with Crippen LogP contribution in [0.3, 0.4) is 0 Å². The molecular formula is C11H15Cl2N. The molecule has 14 heavy (non-hydrogen) atoms. The van der Waals surface area contributed by atoms with Gasteiger partial charge in [0.2, 0.25) is 0 Å². The number of hydrogen-bond acceptors (Lipinski definition) is 1. The van der Waals surface area contributed by atoms with Gasteiger partial charge in [0, 0.05) is 16.1 Å². The summed E-state index contributed by atoms with van der Waals surface area (Å²) in [6, 6.07) is 5.91. The third kappa shape index (κ3) is 2.63. The van der Waals surface area contributed by atoms with Gasteiger partial charge in [0.15, 0.2) is 0 Å². The average Bonchev–Trinajstić information content (AvgIpc) is 2.09. The normalized spacial score (nSPS) is 13.3. The predicted octanol–water partition coefficient (Wildman–Crippen LogP) is 3.91. The van der Waals surface area contributed by atoms with Crippen molar-refractivity contribution in [1.82, 2.24) is 5.32 Å². The predicted molar refractivity (Wildman–Crippen MR) is 63.1 cm³/mol. The highest BCUT2D eigenvalue weighted by Gasteiger charge is 2.16. The molecule has 0 aliphatic carbocycles. The van der Waals surface area contributed by atoms with E-state index in [2.05, 4.69) is 19.2 Å². The lowest BCUT2D eigenvalue weighted by Crippen LogP contribution is -2.21. The van der Waals surface area contributed by atoms with E-state index < -0.39 is 0 Å².